The summed E-state index contributed by atoms with van der Waals surface area (Å²) in [5.41, 5.74) is 1.64. The Kier molecular flexibility index (Phi) is 4.50. The zero-order chi connectivity index (χ0) is 16.4. The summed E-state index contributed by atoms with van der Waals surface area (Å²) in [7, 11) is 0. The van der Waals surface area contributed by atoms with Crippen LogP contribution >= 0.6 is 0 Å². The van der Waals surface area contributed by atoms with E-state index in [0.29, 0.717) is 12.6 Å². The predicted octanol–water partition coefficient (Wildman–Crippen LogP) is 2.40. The lowest BCUT2D eigenvalue weighted by atomic mass is 10.2. The standard InChI is InChI=1S/C17H24N4O2/c1-12-10-14(7-8-18-12)19-17(23)20-9-3-4-16(20)11-21(13(2)22)15-5-6-15/h7-8,10,15-16H,3-6,9,11H2,1-2H3,(H,18,19,23)/t16-/m0/s1. The Hall–Kier alpha value is -2.11. The van der Waals surface area contributed by atoms with Crippen molar-refractivity contribution in [1.82, 2.24) is 14.8 Å². The van der Waals surface area contributed by atoms with Crippen molar-refractivity contribution in [2.75, 3.05) is 18.4 Å². The molecule has 124 valence electrons. The number of aromatic nitrogens is 1. The van der Waals surface area contributed by atoms with E-state index in [9.17, 15) is 9.59 Å². The fourth-order valence-electron chi connectivity index (χ4n) is 3.26. The predicted molar refractivity (Wildman–Crippen MR) is 88.1 cm³/mol. The van der Waals surface area contributed by atoms with Gasteiger partial charge in [0.15, 0.2) is 0 Å². The first-order chi connectivity index (χ1) is 11.0. The minimum atomic E-state index is -0.0857. The number of nitrogens with one attached hydrogen (secondary N) is 1. The highest BCUT2D eigenvalue weighted by atomic mass is 16.2. The van der Waals surface area contributed by atoms with Crippen LogP contribution in [0.4, 0.5) is 10.5 Å². The Morgan fingerprint density at radius 3 is 2.83 bits per heavy atom. The molecule has 0 spiro atoms. The van der Waals surface area contributed by atoms with E-state index in [0.717, 1.165) is 43.6 Å². The molecule has 1 aromatic heterocycles. The summed E-state index contributed by atoms with van der Waals surface area (Å²) in [5.74, 6) is 0.115. The third kappa shape index (κ3) is 3.81. The number of hydrogen-bond donors (Lipinski definition) is 1. The summed E-state index contributed by atoms with van der Waals surface area (Å²) in [6.45, 7) is 4.92. The third-order valence-corrected chi connectivity index (χ3v) is 4.59. The van der Waals surface area contributed by atoms with Crippen LogP contribution in [0.5, 0.6) is 0 Å². The molecular formula is C17H24N4O2. The first kappa shape index (κ1) is 15.8. The van der Waals surface area contributed by atoms with E-state index in [1.54, 1.807) is 19.2 Å². The fraction of sp³-hybridized carbons (Fsp3) is 0.588. The summed E-state index contributed by atoms with van der Waals surface area (Å²) >= 11 is 0. The van der Waals surface area contributed by atoms with Crippen molar-refractivity contribution in [3.05, 3.63) is 24.0 Å². The molecule has 0 unspecified atom stereocenters. The van der Waals surface area contributed by atoms with Gasteiger partial charge >= 0.3 is 6.03 Å². The number of pyridine rings is 1. The molecule has 1 aliphatic heterocycles. The topological polar surface area (TPSA) is 65.5 Å². The van der Waals surface area contributed by atoms with Crippen molar-refractivity contribution in [2.24, 2.45) is 0 Å². The van der Waals surface area contributed by atoms with Crippen LogP contribution in [0.1, 0.15) is 38.3 Å². The molecular weight excluding hydrogens is 292 g/mol. The molecule has 0 bridgehead atoms. The molecule has 6 heteroatoms. The Bertz CT molecular complexity index is 600. The normalized spacial score (nSPS) is 20.4. The SMILES string of the molecule is CC(=O)N(C[C@@H]1CCCN1C(=O)Nc1ccnc(C)c1)C1CC1. The van der Waals surface area contributed by atoms with E-state index >= 15 is 0 Å². The Morgan fingerprint density at radius 1 is 1.39 bits per heavy atom. The Balaban J connectivity index is 1.63. The largest absolute Gasteiger partial charge is 0.338 e. The maximum Gasteiger partial charge on any atom is 0.322 e. The molecule has 6 nitrogen and oxygen atoms in total. The van der Waals surface area contributed by atoms with Gasteiger partial charge in [-0.15, -0.1) is 0 Å². The first-order valence-corrected chi connectivity index (χ1v) is 8.32. The molecule has 23 heavy (non-hydrogen) atoms. The maximum atomic E-state index is 12.6. The maximum absolute atomic E-state index is 12.6. The van der Waals surface area contributed by atoms with E-state index in [1.807, 2.05) is 22.8 Å². The van der Waals surface area contributed by atoms with Crippen LogP contribution in [0.25, 0.3) is 0 Å². The van der Waals surface area contributed by atoms with E-state index in [1.165, 1.54) is 0 Å². The monoisotopic (exact) mass is 316 g/mol. The number of aryl methyl sites for hydroxylation is 1. The highest BCUT2D eigenvalue weighted by Gasteiger charge is 2.36. The average molecular weight is 316 g/mol. The number of anilines is 1. The van der Waals surface area contributed by atoms with Crippen molar-refractivity contribution in [3.63, 3.8) is 0 Å². The lowest BCUT2D eigenvalue weighted by molar-refractivity contribution is -0.130. The van der Waals surface area contributed by atoms with Crippen LogP contribution in [-0.2, 0) is 4.79 Å². The minimum absolute atomic E-state index is 0.0857. The highest BCUT2D eigenvalue weighted by Crippen LogP contribution is 2.29. The zero-order valence-corrected chi connectivity index (χ0v) is 13.8. The zero-order valence-electron chi connectivity index (χ0n) is 13.8. The van der Waals surface area contributed by atoms with Gasteiger partial charge in [-0.05, 0) is 44.7 Å². The van der Waals surface area contributed by atoms with Crippen LogP contribution in [0.2, 0.25) is 0 Å². The average Bonchev–Trinajstić information content (AvgIpc) is 3.22. The molecule has 2 aliphatic rings. The van der Waals surface area contributed by atoms with Crippen molar-refractivity contribution < 1.29 is 9.59 Å². The molecule has 3 rings (SSSR count). The van der Waals surface area contributed by atoms with Gasteiger partial charge in [0, 0.05) is 43.6 Å². The summed E-state index contributed by atoms with van der Waals surface area (Å²) in [5, 5.41) is 2.95. The number of rotatable bonds is 4. The molecule has 0 aromatic carbocycles. The first-order valence-electron chi connectivity index (χ1n) is 8.32. The van der Waals surface area contributed by atoms with Gasteiger partial charge < -0.3 is 15.1 Å². The summed E-state index contributed by atoms with van der Waals surface area (Å²) < 4.78 is 0. The quantitative estimate of drug-likeness (QED) is 0.927. The molecule has 1 aliphatic carbocycles. The van der Waals surface area contributed by atoms with Gasteiger partial charge in [-0.1, -0.05) is 0 Å². The summed E-state index contributed by atoms with van der Waals surface area (Å²) in [6, 6.07) is 4.07. The van der Waals surface area contributed by atoms with E-state index in [4.69, 9.17) is 0 Å². The number of carbonyl (C=O) groups excluding carboxylic acids is 2. The summed E-state index contributed by atoms with van der Waals surface area (Å²) in [4.78, 5) is 32.3. The van der Waals surface area contributed by atoms with Gasteiger partial charge in [0.1, 0.15) is 0 Å². The molecule has 1 aromatic rings. The number of nitrogens with zero attached hydrogens (tertiary/aromatic N) is 3. The van der Waals surface area contributed by atoms with Crippen LogP contribution < -0.4 is 5.32 Å². The van der Waals surface area contributed by atoms with E-state index in [2.05, 4.69) is 10.3 Å². The Morgan fingerprint density at radius 2 is 2.17 bits per heavy atom. The molecule has 1 saturated carbocycles. The second kappa shape index (κ2) is 6.56. The number of likely N-dealkylation sites (tertiary alicyclic amines) is 1. The second-order valence-corrected chi connectivity index (χ2v) is 6.51. The van der Waals surface area contributed by atoms with Crippen molar-refractivity contribution in [3.8, 4) is 0 Å². The Labute approximate surface area is 136 Å². The lowest BCUT2D eigenvalue weighted by Crippen LogP contribution is -2.46. The van der Waals surface area contributed by atoms with Crippen LogP contribution in [-0.4, -0.2) is 51.9 Å². The summed E-state index contributed by atoms with van der Waals surface area (Å²) in [6.07, 6.45) is 5.82. The van der Waals surface area contributed by atoms with E-state index < -0.39 is 0 Å². The lowest BCUT2D eigenvalue weighted by Gasteiger charge is -2.30. The second-order valence-electron chi connectivity index (χ2n) is 6.51. The van der Waals surface area contributed by atoms with Crippen LogP contribution in [0.3, 0.4) is 0 Å². The molecule has 1 saturated heterocycles. The number of urea groups is 1. The van der Waals surface area contributed by atoms with Gasteiger partial charge in [-0.3, -0.25) is 9.78 Å². The van der Waals surface area contributed by atoms with E-state index in [-0.39, 0.29) is 18.0 Å². The van der Waals surface area contributed by atoms with Gasteiger partial charge in [-0.25, -0.2) is 4.79 Å². The highest BCUT2D eigenvalue weighted by molar-refractivity contribution is 5.89. The molecule has 0 radical (unpaired) electrons. The minimum Gasteiger partial charge on any atom is -0.338 e. The molecule has 3 amide bonds. The smallest absolute Gasteiger partial charge is 0.322 e. The molecule has 1 N–H and O–H groups in total. The van der Waals surface area contributed by atoms with Gasteiger partial charge in [0.05, 0.1) is 6.04 Å². The van der Waals surface area contributed by atoms with Crippen LogP contribution in [0.15, 0.2) is 18.3 Å². The van der Waals surface area contributed by atoms with Crippen molar-refractivity contribution in [2.45, 2.75) is 51.6 Å². The van der Waals surface area contributed by atoms with Gasteiger partial charge in [0.25, 0.3) is 0 Å². The fourth-order valence-corrected chi connectivity index (χ4v) is 3.26. The van der Waals surface area contributed by atoms with Crippen molar-refractivity contribution >= 4 is 17.6 Å². The number of carbonyl (C=O) groups is 2. The molecule has 2 fully saturated rings. The molecule has 2 heterocycles. The van der Waals surface area contributed by atoms with Gasteiger partial charge in [-0.2, -0.15) is 0 Å². The number of amides is 3. The van der Waals surface area contributed by atoms with Gasteiger partial charge in [0.2, 0.25) is 5.91 Å². The molecule has 1 atom stereocenters. The van der Waals surface area contributed by atoms with Crippen molar-refractivity contribution in [1.29, 1.82) is 0 Å². The third-order valence-electron chi connectivity index (χ3n) is 4.59. The van der Waals surface area contributed by atoms with Crippen LogP contribution in [0, 0.1) is 6.92 Å². The number of hydrogen-bond acceptors (Lipinski definition) is 3.